The summed E-state index contributed by atoms with van der Waals surface area (Å²) in [5, 5.41) is 3.57. The molecule has 2 aliphatic rings. The summed E-state index contributed by atoms with van der Waals surface area (Å²) >= 11 is 5.49. The number of thiophene rings is 1. The van der Waals surface area contributed by atoms with Crippen LogP contribution in [-0.4, -0.2) is 24.7 Å². The number of aromatic nitrogens is 1. The Morgan fingerprint density at radius 1 is 1.06 bits per heavy atom. The average molecular weight is 520 g/mol. The Hall–Kier alpha value is -2.65. The molecule has 2 aromatic carbocycles. The number of rotatable bonds is 5. The lowest BCUT2D eigenvalue weighted by atomic mass is 10.1. The third kappa shape index (κ3) is 4.89. The van der Waals surface area contributed by atoms with E-state index in [-0.39, 0.29) is 11.7 Å². The summed E-state index contributed by atoms with van der Waals surface area (Å²) in [6.07, 6.45) is 1.67. The zero-order chi connectivity index (χ0) is 23.8. The number of ether oxygens (including phenoxy) is 1. The lowest BCUT2D eigenvalue weighted by Crippen LogP contribution is -2.39. The normalized spacial score (nSPS) is 17.1. The largest absolute Gasteiger partial charge is 0.380 e. The predicted octanol–water partition coefficient (Wildman–Crippen LogP) is 6.55. The summed E-state index contributed by atoms with van der Waals surface area (Å²) in [5.74, 6) is 0. The highest BCUT2D eigenvalue weighted by Crippen LogP contribution is 2.51. The number of nitrogens with zero attached hydrogens (tertiary/aromatic N) is 1. The molecule has 2 N–H and O–H groups in total. The molecule has 178 valence electrons. The molecule has 0 spiro atoms. The van der Waals surface area contributed by atoms with E-state index in [1.165, 1.54) is 34.9 Å². The first-order valence-electron chi connectivity index (χ1n) is 11.6. The average Bonchev–Trinajstić information content (AvgIpc) is 3.31. The number of aromatic amines is 1. The van der Waals surface area contributed by atoms with Gasteiger partial charge in [-0.3, -0.25) is 4.79 Å². The molecule has 6 rings (SSSR count). The Balaban J connectivity index is 1.21. The van der Waals surface area contributed by atoms with Crippen LogP contribution in [0.4, 0.5) is 11.4 Å². The standard InChI is InChI=1S/C27H25N3O2S3/c1-17-5-7-20(33-17)15-29-18-6-8-23-25(13-18)34-24-4-2-3-21(27(24)35-23)22-16-30(11-12-32-22)19-9-10-28-26(31)14-19/h2-10,13-14,22,29H,11-12,15-16H2,1H3,(H,28,31). The summed E-state index contributed by atoms with van der Waals surface area (Å²) in [6, 6.07) is 21.1. The van der Waals surface area contributed by atoms with Crippen molar-refractivity contribution in [2.24, 2.45) is 0 Å². The van der Waals surface area contributed by atoms with Gasteiger partial charge >= 0.3 is 0 Å². The Morgan fingerprint density at radius 3 is 2.86 bits per heavy atom. The summed E-state index contributed by atoms with van der Waals surface area (Å²) in [6.45, 7) is 5.13. The van der Waals surface area contributed by atoms with E-state index < -0.39 is 0 Å². The molecule has 2 aromatic heterocycles. The number of morpholine rings is 1. The van der Waals surface area contributed by atoms with Gasteiger partial charge in [-0.1, -0.05) is 35.7 Å². The Morgan fingerprint density at radius 2 is 2.00 bits per heavy atom. The SMILES string of the molecule is Cc1ccc(CNc2ccc3c(c2)Sc2cccc(C4CN(c5cc[nH]c(=O)c5)CCO4)c2S3)s1. The number of nitrogens with one attached hydrogen (secondary N) is 2. The van der Waals surface area contributed by atoms with Crippen LogP contribution in [-0.2, 0) is 11.3 Å². The van der Waals surface area contributed by atoms with Crippen LogP contribution in [0.3, 0.4) is 0 Å². The molecule has 35 heavy (non-hydrogen) atoms. The van der Waals surface area contributed by atoms with Crippen LogP contribution in [0.25, 0.3) is 0 Å². The van der Waals surface area contributed by atoms with Gasteiger partial charge in [0, 0.05) is 72.6 Å². The van der Waals surface area contributed by atoms with Crippen molar-refractivity contribution in [2.75, 3.05) is 29.9 Å². The van der Waals surface area contributed by atoms with Gasteiger partial charge in [0.25, 0.3) is 0 Å². The maximum absolute atomic E-state index is 11.8. The summed E-state index contributed by atoms with van der Waals surface area (Å²) < 4.78 is 6.24. The van der Waals surface area contributed by atoms with Crippen LogP contribution in [0.1, 0.15) is 21.4 Å². The van der Waals surface area contributed by atoms with Gasteiger partial charge in [0.15, 0.2) is 0 Å². The number of hydrogen-bond acceptors (Lipinski definition) is 7. The summed E-state index contributed by atoms with van der Waals surface area (Å²) in [7, 11) is 0. The van der Waals surface area contributed by atoms with Gasteiger partial charge in [0.2, 0.25) is 5.56 Å². The minimum atomic E-state index is -0.0782. The van der Waals surface area contributed by atoms with E-state index in [2.05, 4.69) is 70.7 Å². The first kappa shape index (κ1) is 22.8. The first-order valence-corrected chi connectivity index (χ1v) is 14.0. The van der Waals surface area contributed by atoms with Crippen molar-refractivity contribution < 1.29 is 4.74 Å². The van der Waals surface area contributed by atoms with Crippen molar-refractivity contribution in [3.05, 3.63) is 92.5 Å². The van der Waals surface area contributed by atoms with Crippen LogP contribution < -0.4 is 15.8 Å². The molecular weight excluding hydrogens is 495 g/mol. The number of anilines is 2. The molecule has 1 fully saturated rings. The molecule has 1 atom stereocenters. The van der Waals surface area contributed by atoms with Gasteiger partial charge in [-0.05, 0) is 55.0 Å². The van der Waals surface area contributed by atoms with Crippen LogP contribution in [0.15, 0.2) is 91.2 Å². The minimum Gasteiger partial charge on any atom is -0.380 e. The summed E-state index contributed by atoms with van der Waals surface area (Å²) in [4.78, 5) is 24.5. The van der Waals surface area contributed by atoms with E-state index in [1.54, 1.807) is 12.3 Å². The number of aryl methyl sites for hydroxylation is 1. The molecule has 8 heteroatoms. The van der Waals surface area contributed by atoms with Gasteiger partial charge in [0.05, 0.1) is 6.61 Å². The first-order chi connectivity index (χ1) is 17.1. The zero-order valence-corrected chi connectivity index (χ0v) is 21.7. The Labute approximate surface area is 216 Å². The van der Waals surface area contributed by atoms with E-state index in [9.17, 15) is 4.79 Å². The maximum atomic E-state index is 11.8. The van der Waals surface area contributed by atoms with E-state index in [1.807, 2.05) is 40.9 Å². The lowest BCUT2D eigenvalue weighted by Gasteiger charge is -2.36. The lowest BCUT2D eigenvalue weighted by molar-refractivity contribution is 0.0379. The van der Waals surface area contributed by atoms with Crippen LogP contribution in [0, 0.1) is 6.92 Å². The van der Waals surface area contributed by atoms with Gasteiger partial charge in [-0.15, -0.1) is 11.3 Å². The van der Waals surface area contributed by atoms with E-state index in [0.29, 0.717) is 6.61 Å². The Kier molecular flexibility index (Phi) is 6.37. The van der Waals surface area contributed by atoms with E-state index >= 15 is 0 Å². The highest BCUT2D eigenvalue weighted by Gasteiger charge is 2.28. The number of pyridine rings is 1. The molecule has 0 bridgehead atoms. The smallest absolute Gasteiger partial charge is 0.249 e. The van der Waals surface area contributed by atoms with E-state index in [4.69, 9.17) is 4.74 Å². The maximum Gasteiger partial charge on any atom is 0.249 e. The highest BCUT2D eigenvalue weighted by molar-refractivity contribution is 8.05. The van der Waals surface area contributed by atoms with Crippen molar-refractivity contribution in [3.63, 3.8) is 0 Å². The molecule has 1 unspecified atom stereocenters. The fourth-order valence-electron chi connectivity index (χ4n) is 4.46. The molecule has 1 saturated heterocycles. The molecular formula is C27H25N3O2S3. The zero-order valence-electron chi connectivity index (χ0n) is 19.2. The second-order valence-corrected chi connectivity index (χ2v) is 12.1. The van der Waals surface area contributed by atoms with Crippen LogP contribution in [0.5, 0.6) is 0 Å². The van der Waals surface area contributed by atoms with Crippen molar-refractivity contribution in [3.8, 4) is 0 Å². The monoisotopic (exact) mass is 519 g/mol. The topological polar surface area (TPSA) is 57.4 Å². The number of hydrogen-bond donors (Lipinski definition) is 2. The molecule has 0 amide bonds. The van der Waals surface area contributed by atoms with Gasteiger partial charge in [-0.25, -0.2) is 0 Å². The van der Waals surface area contributed by atoms with Gasteiger partial charge < -0.3 is 19.9 Å². The minimum absolute atomic E-state index is 0.0390. The van der Waals surface area contributed by atoms with Crippen molar-refractivity contribution in [1.29, 1.82) is 0 Å². The molecule has 4 heterocycles. The third-order valence-electron chi connectivity index (χ3n) is 6.18. The Bertz CT molecular complexity index is 1430. The quantitative estimate of drug-likeness (QED) is 0.275. The predicted molar refractivity (Wildman–Crippen MR) is 145 cm³/mol. The van der Waals surface area contributed by atoms with Gasteiger partial charge in [0.1, 0.15) is 6.10 Å². The number of fused-ring (bicyclic) bond motifs is 2. The fraction of sp³-hybridized carbons (Fsp3) is 0.222. The molecule has 0 radical (unpaired) electrons. The highest BCUT2D eigenvalue weighted by atomic mass is 32.2. The van der Waals surface area contributed by atoms with E-state index in [0.717, 1.165) is 31.0 Å². The second kappa shape index (κ2) is 9.78. The van der Waals surface area contributed by atoms with Crippen molar-refractivity contribution in [1.82, 2.24) is 4.98 Å². The molecule has 5 nitrogen and oxygen atoms in total. The number of H-pyrrole nitrogens is 1. The molecule has 0 saturated carbocycles. The van der Waals surface area contributed by atoms with Crippen LogP contribution in [0.2, 0.25) is 0 Å². The summed E-state index contributed by atoms with van der Waals surface area (Å²) in [5.41, 5.74) is 3.23. The molecule has 0 aliphatic carbocycles. The molecule has 4 aromatic rings. The fourth-order valence-corrected chi connectivity index (χ4v) is 7.74. The second-order valence-electron chi connectivity index (χ2n) is 8.62. The third-order valence-corrected chi connectivity index (χ3v) is 9.80. The van der Waals surface area contributed by atoms with Crippen molar-refractivity contribution >= 4 is 46.2 Å². The number of benzene rings is 2. The molecule has 2 aliphatic heterocycles. The van der Waals surface area contributed by atoms with Crippen molar-refractivity contribution in [2.45, 2.75) is 39.2 Å². The van der Waals surface area contributed by atoms with Gasteiger partial charge in [-0.2, -0.15) is 0 Å². The van der Waals surface area contributed by atoms with Crippen LogP contribution >= 0.6 is 34.9 Å².